The maximum absolute atomic E-state index is 13.3. The van der Waals surface area contributed by atoms with Crippen LogP contribution in [0.1, 0.15) is 21.6 Å². The number of aromatic nitrogens is 2. The summed E-state index contributed by atoms with van der Waals surface area (Å²) in [6.07, 6.45) is 2.85. The SMILES string of the molecule is O=C(c1ccccc1)N(CCc1csc2nc(-c3ccccc3)cn12)Cc1ccccc1. The zero-order chi connectivity index (χ0) is 21.8. The summed E-state index contributed by atoms with van der Waals surface area (Å²) in [6, 6.07) is 29.9. The fourth-order valence-corrected chi connectivity index (χ4v) is 4.73. The second kappa shape index (κ2) is 9.20. The molecule has 3 aromatic carbocycles. The first-order valence-corrected chi connectivity index (χ1v) is 11.5. The van der Waals surface area contributed by atoms with Gasteiger partial charge in [-0.05, 0) is 17.7 Å². The van der Waals surface area contributed by atoms with Gasteiger partial charge in [0.15, 0.2) is 4.96 Å². The van der Waals surface area contributed by atoms with Gasteiger partial charge < -0.3 is 4.90 Å². The minimum absolute atomic E-state index is 0.0523. The molecule has 158 valence electrons. The summed E-state index contributed by atoms with van der Waals surface area (Å²) in [5, 5.41) is 2.14. The van der Waals surface area contributed by atoms with E-state index in [1.807, 2.05) is 71.6 Å². The van der Waals surface area contributed by atoms with Gasteiger partial charge in [-0.1, -0.05) is 78.9 Å². The Morgan fingerprint density at radius 3 is 2.25 bits per heavy atom. The molecule has 2 heterocycles. The lowest BCUT2D eigenvalue weighted by atomic mass is 10.1. The van der Waals surface area contributed by atoms with Crippen molar-refractivity contribution in [1.82, 2.24) is 14.3 Å². The quantitative estimate of drug-likeness (QED) is 0.316. The number of amides is 1. The number of thiazole rings is 1. The highest BCUT2D eigenvalue weighted by atomic mass is 32.1. The third kappa shape index (κ3) is 4.34. The molecule has 0 fully saturated rings. The van der Waals surface area contributed by atoms with Crippen LogP contribution in [0.2, 0.25) is 0 Å². The Bertz CT molecular complexity index is 1310. The van der Waals surface area contributed by atoms with E-state index in [1.165, 1.54) is 5.69 Å². The summed E-state index contributed by atoms with van der Waals surface area (Å²) >= 11 is 1.64. The minimum Gasteiger partial charge on any atom is -0.334 e. The Balaban J connectivity index is 1.38. The van der Waals surface area contributed by atoms with E-state index in [2.05, 4.69) is 40.2 Å². The van der Waals surface area contributed by atoms with Crippen LogP contribution in [0.4, 0.5) is 0 Å². The molecule has 0 bridgehead atoms. The maximum atomic E-state index is 13.3. The van der Waals surface area contributed by atoms with Gasteiger partial charge in [0.05, 0.1) is 5.69 Å². The van der Waals surface area contributed by atoms with E-state index < -0.39 is 0 Å². The van der Waals surface area contributed by atoms with Gasteiger partial charge in [0.1, 0.15) is 0 Å². The summed E-state index contributed by atoms with van der Waals surface area (Å²) in [7, 11) is 0. The predicted octanol–water partition coefficient (Wildman–Crippen LogP) is 5.95. The highest BCUT2D eigenvalue weighted by molar-refractivity contribution is 7.15. The van der Waals surface area contributed by atoms with Gasteiger partial charge >= 0.3 is 0 Å². The molecular weight excluding hydrogens is 414 g/mol. The molecular formula is C27H23N3OS. The first-order valence-electron chi connectivity index (χ1n) is 10.7. The van der Waals surface area contributed by atoms with Gasteiger partial charge in [0.25, 0.3) is 5.91 Å². The molecule has 0 unspecified atom stereocenters. The average Bonchev–Trinajstić information content (AvgIpc) is 3.44. The van der Waals surface area contributed by atoms with Crippen LogP contribution in [0.15, 0.2) is 103 Å². The van der Waals surface area contributed by atoms with Gasteiger partial charge in [0, 0.05) is 47.9 Å². The van der Waals surface area contributed by atoms with Crippen LogP contribution >= 0.6 is 11.3 Å². The largest absolute Gasteiger partial charge is 0.334 e. The molecule has 0 radical (unpaired) electrons. The number of rotatable bonds is 7. The van der Waals surface area contributed by atoms with Crippen LogP contribution in [-0.2, 0) is 13.0 Å². The Hall–Kier alpha value is -3.70. The lowest BCUT2D eigenvalue weighted by molar-refractivity contribution is 0.0744. The zero-order valence-corrected chi connectivity index (χ0v) is 18.4. The molecule has 5 heteroatoms. The molecule has 0 aliphatic carbocycles. The lowest BCUT2D eigenvalue weighted by Gasteiger charge is -2.23. The van der Waals surface area contributed by atoms with Crippen LogP contribution in [0.25, 0.3) is 16.2 Å². The highest BCUT2D eigenvalue weighted by Crippen LogP contribution is 2.24. The Labute approximate surface area is 191 Å². The number of hydrogen-bond donors (Lipinski definition) is 0. The van der Waals surface area contributed by atoms with E-state index in [-0.39, 0.29) is 5.91 Å². The van der Waals surface area contributed by atoms with Gasteiger partial charge in [0.2, 0.25) is 0 Å². The number of benzene rings is 3. The topological polar surface area (TPSA) is 37.6 Å². The standard InChI is InChI=1S/C27H23N3OS/c31-26(23-14-8-3-9-15-23)29(18-21-10-4-1-5-11-21)17-16-24-20-32-27-28-25(19-30(24)27)22-12-6-2-7-13-22/h1-15,19-20H,16-18H2. The van der Waals surface area contributed by atoms with Crippen molar-refractivity contribution in [2.75, 3.05) is 6.54 Å². The van der Waals surface area contributed by atoms with E-state index in [9.17, 15) is 4.79 Å². The van der Waals surface area contributed by atoms with Crippen molar-refractivity contribution in [1.29, 1.82) is 0 Å². The Morgan fingerprint density at radius 1 is 0.875 bits per heavy atom. The van der Waals surface area contributed by atoms with Crippen LogP contribution in [0, 0.1) is 0 Å². The lowest BCUT2D eigenvalue weighted by Crippen LogP contribution is -2.32. The van der Waals surface area contributed by atoms with Crippen LogP contribution in [0.3, 0.4) is 0 Å². The van der Waals surface area contributed by atoms with Crippen molar-refractivity contribution in [3.63, 3.8) is 0 Å². The van der Waals surface area contributed by atoms with Crippen molar-refractivity contribution >= 4 is 22.2 Å². The molecule has 0 N–H and O–H groups in total. The summed E-state index contributed by atoms with van der Waals surface area (Å²) in [6.45, 7) is 1.22. The minimum atomic E-state index is 0.0523. The fraction of sp³-hybridized carbons (Fsp3) is 0.111. The van der Waals surface area contributed by atoms with Crippen molar-refractivity contribution in [2.24, 2.45) is 0 Å². The van der Waals surface area contributed by atoms with Gasteiger partial charge in [-0.3, -0.25) is 9.20 Å². The van der Waals surface area contributed by atoms with E-state index in [1.54, 1.807) is 11.3 Å². The van der Waals surface area contributed by atoms with Crippen molar-refractivity contribution in [3.05, 3.63) is 119 Å². The highest BCUT2D eigenvalue weighted by Gasteiger charge is 2.17. The Morgan fingerprint density at radius 2 is 1.53 bits per heavy atom. The number of carbonyl (C=O) groups is 1. The molecule has 2 aromatic heterocycles. The summed E-state index contributed by atoms with van der Waals surface area (Å²) < 4.78 is 2.15. The summed E-state index contributed by atoms with van der Waals surface area (Å²) in [4.78, 5) is 21.0. The first-order chi connectivity index (χ1) is 15.8. The molecule has 0 aliphatic rings. The number of hydrogen-bond acceptors (Lipinski definition) is 3. The van der Waals surface area contributed by atoms with E-state index in [4.69, 9.17) is 4.98 Å². The van der Waals surface area contributed by atoms with Crippen molar-refractivity contribution < 1.29 is 4.79 Å². The molecule has 0 atom stereocenters. The van der Waals surface area contributed by atoms with Crippen molar-refractivity contribution in [3.8, 4) is 11.3 Å². The van der Waals surface area contributed by atoms with Crippen LogP contribution in [-0.4, -0.2) is 26.7 Å². The normalized spacial score (nSPS) is 11.0. The molecule has 32 heavy (non-hydrogen) atoms. The van der Waals surface area contributed by atoms with Crippen molar-refractivity contribution in [2.45, 2.75) is 13.0 Å². The zero-order valence-electron chi connectivity index (χ0n) is 17.6. The van der Waals surface area contributed by atoms with E-state index >= 15 is 0 Å². The number of carbonyl (C=O) groups excluding carboxylic acids is 1. The second-order valence-corrected chi connectivity index (χ2v) is 8.54. The van der Waals surface area contributed by atoms with Gasteiger partial charge in [-0.25, -0.2) is 4.98 Å². The smallest absolute Gasteiger partial charge is 0.254 e. The molecule has 0 saturated carbocycles. The number of nitrogens with zero attached hydrogens (tertiary/aromatic N) is 3. The monoisotopic (exact) mass is 437 g/mol. The average molecular weight is 438 g/mol. The molecule has 5 aromatic rings. The Kier molecular flexibility index (Phi) is 5.81. The third-order valence-electron chi connectivity index (χ3n) is 5.51. The van der Waals surface area contributed by atoms with Gasteiger partial charge in [-0.15, -0.1) is 11.3 Å². The molecule has 5 rings (SSSR count). The van der Waals surface area contributed by atoms with Gasteiger partial charge in [-0.2, -0.15) is 0 Å². The summed E-state index contributed by atoms with van der Waals surface area (Å²) in [5.41, 5.74) is 5.09. The third-order valence-corrected chi connectivity index (χ3v) is 6.40. The second-order valence-electron chi connectivity index (χ2n) is 7.70. The number of fused-ring (bicyclic) bond motifs is 1. The van der Waals surface area contributed by atoms with Crippen LogP contribution in [0.5, 0.6) is 0 Å². The predicted molar refractivity (Wildman–Crippen MR) is 130 cm³/mol. The number of imidazole rings is 1. The molecule has 0 aliphatic heterocycles. The maximum Gasteiger partial charge on any atom is 0.254 e. The molecule has 0 saturated heterocycles. The van der Waals surface area contributed by atoms with E-state index in [0.717, 1.165) is 28.2 Å². The van der Waals surface area contributed by atoms with Crippen LogP contribution < -0.4 is 0 Å². The first kappa shape index (κ1) is 20.2. The summed E-state index contributed by atoms with van der Waals surface area (Å²) in [5.74, 6) is 0.0523. The molecule has 1 amide bonds. The fourth-order valence-electron chi connectivity index (χ4n) is 3.83. The van der Waals surface area contributed by atoms with E-state index in [0.29, 0.717) is 18.7 Å². The molecule has 4 nitrogen and oxygen atoms in total. The molecule has 0 spiro atoms.